The van der Waals surface area contributed by atoms with Gasteiger partial charge in [0.2, 0.25) is 0 Å². The quantitative estimate of drug-likeness (QED) is 0.717. The van der Waals surface area contributed by atoms with Gasteiger partial charge < -0.3 is 9.88 Å². The van der Waals surface area contributed by atoms with Crippen LogP contribution in [0, 0.1) is 19.7 Å². The van der Waals surface area contributed by atoms with E-state index in [4.69, 9.17) is 11.6 Å². The van der Waals surface area contributed by atoms with E-state index in [1.54, 1.807) is 6.07 Å². The van der Waals surface area contributed by atoms with Crippen LogP contribution >= 0.6 is 11.6 Å². The smallest absolute Gasteiger partial charge is 0.257 e. The zero-order valence-electron chi connectivity index (χ0n) is 14.9. The maximum absolute atomic E-state index is 14.0. The number of aryl methyl sites for hydroxylation is 2. The third-order valence-corrected chi connectivity index (χ3v) is 4.75. The van der Waals surface area contributed by atoms with Gasteiger partial charge in [-0.2, -0.15) is 0 Å². The first-order valence-electron chi connectivity index (χ1n) is 8.37. The summed E-state index contributed by atoms with van der Waals surface area (Å²) in [7, 11) is 0. The molecule has 0 unspecified atom stereocenters. The summed E-state index contributed by atoms with van der Waals surface area (Å²) in [6.07, 6.45) is 1.40. The van der Waals surface area contributed by atoms with E-state index in [1.165, 1.54) is 35.0 Å². The third kappa shape index (κ3) is 4.26. The van der Waals surface area contributed by atoms with E-state index in [0.29, 0.717) is 11.3 Å². The maximum atomic E-state index is 14.0. The normalized spacial score (nSPS) is 10.7. The Bertz CT molecular complexity index is 1060. The van der Waals surface area contributed by atoms with Crippen LogP contribution in [0.3, 0.4) is 0 Å². The Morgan fingerprint density at radius 2 is 1.89 bits per heavy atom. The van der Waals surface area contributed by atoms with Gasteiger partial charge in [-0.25, -0.2) is 4.39 Å². The SMILES string of the molecule is Cc1ccc(NC(=O)c2ccc(=O)n(Cc3c(F)cccc3Cl)c2)cc1C. The molecule has 2 aromatic carbocycles. The molecule has 1 aromatic heterocycles. The van der Waals surface area contributed by atoms with Crippen LogP contribution in [0.5, 0.6) is 0 Å². The summed E-state index contributed by atoms with van der Waals surface area (Å²) in [5, 5.41) is 3.03. The van der Waals surface area contributed by atoms with Crippen LogP contribution in [-0.4, -0.2) is 10.5 Å². The third-order valence-electron chi connectivity index (χ3n) is 4.40. The first-order valence-corrected chi connectivity index (χ1v) is 8.75. The number of benzene rings is 2. The van der Waals surface area contributed by atoms with E-state index >= 15 is 0 Å². The molecular formula is C21H18ClFN2O2. The van der Waals surface area contributed by atoms with Crippen molar-refractivity contribution in [3.63, 3.8) is 0 Å². The van der Waals surface area contributed by atoms with Gasteiger partial charge in [-0.3, -0.25) is 9.59 Å². The summed E-state index contributed by atoms with van der Waals surface area (Å²) in [6, 6.07) is 12.7. The molecule has 0 aliphatic heterocycles. The number of pyridine rings is 1. The number of rotatable bonds is 4. The van der Waals surface area contributed by atoms with Gasteiger partial charge in [0.05, 0.1) is 12.1 Å². The summed E-state index contributed by atoms with van der Waals surface area (Å²) < 4.78 is 15.3. The molecule has 0 aliphatic rings. The van der Waals surface area contributed by atoms with Crippen molar-refractivity contribution in [2.45, 2.75) is 20.4 Å². The second-order valence-corrected chi connectivity index (χ2v) is 6.74. The molecular weight excluding hydrogens is 367 g/mol. The van der Waals surface area contributed by atoms with Crippen LogP contribution in [0.4, 0.5) is 10.1 Å². The van der Waals surface area contributed by atoms with Gasteiger partial charge in [0.15, 0.2) is 0 Å². The van der Waals surface area contributed by atoms with Gasteiger partial charge in [0.25, 0.3) is 11.5 Å². The van der Waals surface area contributed by atoms with Crippen molar-refractivity contribution in [3.8, 4) is 0 Å². The molecule has 4 nitrogen and oxygen atoms in total. The monoisotopic (exact) mass is 384 g/mol. The van der Waals surface area contributed by atoms with Gasteiger partial charge in [0, 0.05) is 28.5 Å². The summed E-state index contributed by atoms with van der Waals surface area (Å²) in [6.45, 7) is 3.89. The average molecular weight is 385 g/mol. The summed E-state index contributed by atoms with van der Waals surface area (Å²) in [5.41, 5.74) is 3.00. The Hall–Kier alpha value is -2.92. The Kier molecular flexibility index (Phi) is 5.42. The van der Waals surface area contributed by atoms with Gasteiger partial charge in [0.1, 0.15) is 5.82 Å². The van der Waals surface area contributed by atoms with Crippen LogP contribution in [0.15, 0.2) is 59.5 Å². The van der Waals surface area contributed by atoms with Crippen LogP contribution < -0.4 is 10.9 Å². The number of aromatic nitrogens is 1. The van der Waals surface area contributed by atoms with Gasteiger partial charge in [-0.05, 0) is 55.3 Å². The highest BCUT2D eigenvalue weighted by atomic mass is 35.5. The van der Waals surface area contributed by atoms with Gasteiger partial charge >= 0.3 is 0 Å². The highest BCUT2D eigenvalue weighted by molar-refractivity contribution is 6.31. The number of amides is 1. The van der Waals surface area contributed by atoms with Crippen LogP contribution in [0.25, 0.3) is 0 Å². The van der Waals surface area contributed by atoms with Crippen molar-refractivity contribution >= 4 is 23.2 Å². The zero-order valence-corrected chi connectivity index (χ0v) is 15.7. The molecule has 0 bridgehead atoms. The van der Waals surface area contributed by atoms with Gasteiger partial charge in [-0.1, -0.05) is 23.7 Å². The molecule has 1 amide bonds. The molecule has 0 aliphatic carbocycles. The fraction of sp³-hybridized carbons (Fsp3) is 0.143. The molecule has 1 N–H and O–H groups in total. The summed E-state index contributed by atoms with van der Waals surface area (Å²) >= 11 is 6.03. The Labute approximate surface area is 161 Å². The first kappa shape index (κ1) is 18.9. The molecule has 3 aromatic rings. The first-order chi connectivity index (χ1) is 12.8. The lowest BCUT2D eigenvalue weighted by molar-refractivity contribution is 0.102. The summed E-state index contributed by atoms with van der Waals surface area (Å²) in [4.78, 5) is 24.7. The maximum Gasteiger partial charge on any atom is 0.257 e. The number of carbonyl (C=O) groups is 1. The largest absolute Gasteiger partial charge is 0.322 e. The molecule has 0 atom stereocenters. The lowest BCUT2D eigenvalue weighted by atomic mass is 10.1. The van der Waals surface area contributed by atoms with Crippen molar-refractivity contribution in [2.75, 3.05) is 5.32 Å². The number of nitrogens with one attached hydrogen (secondary N) is 1. The minimum Gasteiger partial charge on any atom is -0.322 e. The van der Waals surface area contributed by atoms with E-state index in [2.05, 4.69) is 5.32 Å². The Morgan fingerprint density at radius 3 is 2.59 bits per heavy atom. The minimum absolute atomic E-state index is 0.0604. The topological polar surface area (TPSA) is 51.1 Å². The Balaban J connectivity index is 1.87. The number of halogens is 2. The standard InChI is InChI=1S/C21H18ClFN2O2/c1-13-6-8-16(10-14(13)2)24-21(27)15-7-9-20(26)25(11-15)12-17-18(22)4-3-5-19(17)23/h3-11H,12H2,1-2H3,(H,24,27). The molecule has 0 radical (unpaired) electrons. The van der Waals surface area contributed by atoms with Crippen LogP contribution in [-0.2, 0) is 6.54 Å². The second kappa shape index (κ2) is 7.76. The second-order valence-electron chi connectivity index (χ2n) is 6.34. The lowest BCUT2D eigenvalue weighted by Gasteiger charge is -2.11. The number of anilines is 1. The van der Waals surface area contributed by atoms with Gasteiger partial charge in [-0.15, -0.1) is 0 Å². The fourth-order valence-corrected chi connectivity index (χ4v) is 2.89. The van der Waals surface area contributed by atoms with Crippen LogP contribution in [0.1, 0.15) is 27.0 Å². The molecule has 27 heavy (non-hydrogen) atoms. The summed E-state index contributed by atoms with van der Waals surface area (Å²) in [5.74, 6) is -0.856. The molecule has 6 heteroatoms. The molecule has 0 saturated carbocycles. The van der Waals surface area contributed by atoms with E-state index in [0.717, 1.165) is 11.1 Å². The predicted molar refractivity (Wildman–Crippen MR) is 105 cm³/mol. The number of hydrogen-bond donors (Lipinski definition) is 1. The Morgan fingerprint density at radius 1 is 1.11 bits per heavy atom. The minimum atomic E-state index is -0.501. The molecule has 0 fully saturated rings. The van der Waals surface area contributed by atoms with Crippen molar-refractivity contribution in [3.05, 3.63) is 98.2 Å². The molecule has 1 heterocycles. The average Bonchev–Trinajstić information content (AvgIpc) is 2.63. The number of carbonyl (C=O) groups excluding carboxylic acids is 1. The predicted octanol–water partition coefficient (Wildman–Crippen LogP) is 4.56. The number of hydrogen-bond acceptors (Lipinski definition) is 2. The highest BCUT2D eigenvalue weighted by Crippen LogP contribution is 2.20. The van der Waals surface area contributed by atoms with E-state index in [9.17, 15) is 14.0 Å². The van der Waals surface area contributed by atoms with Crippen molar-refractivity contribution < 1.29 is 9.18 Å². The van der Waals surface area contributed by atoms with E-state index < -0.39 is 5.82 Å². The number of nitrogens with zero attached hydrogens (tertiary/aromatic N) is 1. The highest BCUT2D eigenvalue weighted by Gasteiger charge is 2.12. The lowest BCUT2D eigenvalue weighted by Crippen LogP contribution is -2.23. The van der Waals surface area contributed by atoms with Crippen molar-refractivity contribution in [2.24, 2.45) is 0 Å². The molecule has 0 saturated heterocycles. The van der Waals surface area contributed by atoms with Crippen LogP contribution in [0.2, 0.25) is 5.02 Å². The van der Waals surface area contributed by atoms with E-state index in [-0.39, 0.29) is 28.6 Å². The van der Waals surface area contributed by atoms with Crippen molar-refractivity contribution in [1.82, 2.24) is 4.57 Å². The van der Waals surface area contributed by atoms with E-state index in [1.807, 2.05) is 32.0 Å². The van der Waals surface area contributed by atoms with Crippen molar-refractivity contribution in [1.29, 1.82) is 0 Å². The molecule has 138 valence electrons. The molecule has 3 rings (SSSR count). The fourth-order valence-electron chi connectivity index (χ4n) is 2.67. The zero-order chi connectivity index (χ0) is 19.6. The molecule has 0 spiro atoms.